The summed E-state index contributed by atoms with van der Waals surface area (Å²) in [5.41, 5.74) is 12.4. The van der Waals surface area contributed by atoms with Gasteiger partial charge in [0.2, 0.25) is 0 Å². The molecule has 1 rings (SSSR count). The molecule has 0 bridgehead atoms. The maximum absolute atomic E-state index is 11.8. The number of nitrogen functional groups attached to an aromatic ring is 2. The third kappa shape index (κ3) is 6.30. The normalized spacial score (nSPS) is 10.0. The molecule has 120 valence electrons. The van der Waals surface area contributed by atoms with Gasteiger partial charge in [-0.05, 0) is 43.9 Å². The Morgan fingerprint density at radius 3 is 2.27 bits per heavy atom. The Balaban J connectivity index is 2.13. The average molecular weight is 306 g/mol. The molecule has 6 heteroatoms. The number of benzene rings is 1. The largest absolute Gasteiger partial charge is 0.463 e. The molecular weight excluding hydrogens is 284 g/mol. The fourth-order valence-corrected chi connectivity index (χ4v) is 1.80. The monoisotopic (exact) mass is 306 g/mol. The molecule has 0 spiro atoms. The van der Waals surface area contributed by atoms with Crippen molar-refractivity contribution in [2.45, 2.75) is 25.7 Å². The number of unbranched alkanes of at least 4 members (excludes halogenated alkanes) is 3. The van der Waals surface area contributed by atoms with E-state index in [0.29, 0.717) is 30.2 Å². The van der Waals surface area contributed by atoms with E-state index >= 15 is 0 Å². The summed E-state index contributed by atoms with van der Waals surface area (Å²) in [6.07, 6.45) is 4.44. The number of nitrogens with two attached hydrogens (primary N) is 2. The summed E-state index contributed by atoms with van der Waals surface area (Å²) < 4.78 is 10.0. The highest BCUT2D eigenvalue weighted by Crippen LogP contribution is 2.16. The lowest BCUT2D eigenvalue weighted by Crippen LogP contribution is -2.09. The summed E-state index contributed by atoms with van der Waals surface area (Å²) in [5, 5.41) is 0. The van der Waals surface area contributed by atoms with Crippen LogP contribution in [0.15, 0.2) is 30.9 Å². The number of rotatable bonds is 9. The van der Waals surface area contributed by atoms with Gasteiger partial charge in [-0.25, -0.2) is 9.59 Å². The predicted octanol–water partition coefficient (Wildman–Crippen LogP) is 2.30. The summed E-state index contributed by atoms with van der Waals surface area (Å²) in [7, 11) is 0. The zero-order chi connectivity index (χ0) is 16.4. The van der Waals surface area contributed by atoms with E-state index in [0.717, 1.165) is 31.8 Å². The number of carbonyl (C=O) groups excluding carboxylic acids is 2. The minimum atomic E-state index is -0.447. The maximum atomic E-state index is 11.8. The van der Waals surface area contributed by atoms with Crippen molar-refractivity contribution in [2.75, 3.05) is 24.7 Å². The standard InChI is InChI=1S/C16H22N2O4/c1-2-15(19)21-9-5-3-4-6-10-22-16(20)13-8-7-12(17)11-14(13)18/h2,7-8,11H,1,3-6,9-10,17-18H2. The van der Waals surface area contributed by atoms with Gasteiger partial charge in [-0.2, -0.15) is 0 Å². The first-order chi connectivity index (χ1) is 10.5. The van der Waals surface area contributed by atoms with E-state index in [1.165, 1.54) is 6.07 Å². The number of hydrogen-bond donors (Lipinski definition) is 2. The molecule has 0 amide bonds. The van der Waals surface area contributed by atoms with Crippen LogP contribution in [-0.4, -0.2) is 25.2 Å². The number of hydrogen-bond acceptors (Lipinski definition) is 6. The summed E-state index contributed by atoms with van der Waals surface area (Å²) in [4.78, 5) is 22.6. The highest BCUT2D eigenvalue weighted by Gasteiger charge is 2.10. The van der Waals surface area contributed by atoms with Crippen LogP contribution in [0, 0.1) is 0 Å². The van der Waals surface area contributed by atoms with E-state index in [1.807, 2.05) is 0 Å². The second-order valence-corrected chi connectivity index (χ2v) is 4.77. The van der Waals surface area contributed by atoms with Gasteiger partial charge in [0.15, 0.2) is 0 Å². The smallest absolute Gasteiger partial charge is 0.340 e. The van der Waals surface area contributed by atoms with Crippen LogP contribution in [0.25, 0.3) is 0 Å². The van der Waals surface area contributed by atoms with Crippen LogP contribution in [0.4, 0.5) is 11.4 Å². The Bertz CT molecular complexity index is 529. The lowest BCUT2D eigenvalue weighted by Gasteiger charge is -2.07. The molecule has 0 aliphatic rings. The molecule has 0 radical (unpaired) electrons. The fourth-order valence-electron chi connectivity index (χ4n) is 1.80. The van der Waals surface area contributed by atoms with Crippen LogP contribution in [0.2, 0.25) is 0 Å². The third-order valence-corrected chi connectivity index (χ3v) is 2.98. The molecule has 0 saturated carbocycles. The van der Waals surface area contributed by atoms with Crippen molar-refractivity contribution < 1.29 is 19.1 Å². The number of ether oxygens (including phenoxy) is 2. The molecule has 1 aromatic carbocycles. The Hall–Kier alpha value is -2.50. The molecule has 4 N–H and O–H groups in total. The van der Waals surface area contributed by atoms with Crippen LogP contribution >= 0.6 is 0 Å². The second kappa shape index (κ2) is 9.44. The van der Waals surface area contributed by atoms with Gasteiger partial charge in [-0.1, -0.05) is 6.58 Å². The van der Waals surface area contributed by atoms with Gasteiger partial charge < -0.3 is 20.9 Å². The molecule has 0 fully saturated rings. The van der Waals surface area contributed by atoms with Gasteiger partial charge in [-0.3, -0.25) is 0 Å². The van der Waals surface area contributed by atoms with Gasteiger partial charge in [0.25, 0.3) is 0 Å². The number of carbonyl (C=O) groups is 2. The van der Waals surface area contributed by atoms with E-state index in [-0.39, 0.29) is 0 Å². The van der Waals surface area contributed by atoms with Crippen LogP contribution < -0.4 is 11.5 Å². The first-order valence-corrected chi connectivity index (χ1v) is 7.16. The molecule has 0 atom stereocenters. The Morgan fingerprint density at radius 2 is 1.68 bits per heavy atom. The summed E-state index contributed by atoms with van der Waals surface area (Å²) in [6.45, 7) is 4.02. The van der Waals surface area contributed by atoms with Crippen LogP contribution in [0.3, 0.4) is 0 Å². The van der Waals surface area contributed by atoms with E-state index in [9.17, 15) is 9.59 Å². The highest BCUT2D eigenvalue weighted by atomic mass is 16.5. The SMILES string of the molecule is C=CC(=O)OCCCCCCOC(=O)c1ccc(N)cc1N. The van der Waals surface area contributed by atoms with E-state index in [2.05, 4.69) is 6.58 Å². The molecule has 22 heavy (non-hydrogen) atoms. The minimum absolute atomic E-state index is 0.314. The Morgan fingerprint density at radius 1 is 1.05 bits per heavy atom. The van der Waals surface area contributed by atoms with E-state index in [1.54, 1.807) is 12.1 Å². The molecule has 0 saturated heterocycles. The molecule has 6 nitrogen and oxygen atoms in total. The van der Waals surface area contributed by atoms with Gasteiger partial charge in [-0.15, -0.1) is 0 Å². The zero-order valence-corrected chi connectivity index (χ0v) is 12.5. The van der Waals surface area contributed by atoms with Crippen molar-refractivity contribution >= 4 is 23.3 Å². The minimum Gasteiger partial charge on any atom is -0.463 e. The van der Waals surface area contributed by atoms with Crippen molar-refractivity contribution in [1.29, 1.82) is 0 Å². The predicted molar refractivity (Wildman–Crippen MR) is 85.2 cm³/mol. The topological polar surface area (TPSA) is 105 Å². The first kappa shape index (κ1) is 17.6. The summed E-state index contributed by atoms with van der Waals surface area (Å²) >= 11 is 0. The number of anilines is 2. The van der Waals surface area contributed by atoms with Crippen molar-refractivity contribution in [3.63, 3.8) is 0 Å². The number of esters is 2. The molecule has 0 aromatic heterocycles. The van der Waals surface area contributed by atoms with E-state index < -0.39 is 11.9 Å². The molecule has 0 heterocycles. The zero-order valence-electron chi connectivity index (χ0n) is 12.5. The summed E-state index contributed by atoms with van der Waals surface area (Å²) in [6, 6.07) is 4.69. The maximum Gasteiger partial charge on any atom is 0.340 e. The van der Waals surface area contributed by atoms with Gasteiger partial charge in [0.1, 0.15) is 0 Å². The van der Waals surface area contributed by atoms with Crippen LogP contribution in [-0.2, 0) is 14.3 Å². The highest BCUT2D eigenvalue weighted by molar-refractivity contribution is 5.95. The van der Waals surface area contributed by atoms with Crippen LogP contribution in [0.5, 0.6) is 0 Å². The average Bonchev–Trinajstić information content (AvgIpc) is 2.49. The van der Waals surface area contributed by atoms with Crippen molar-refractivity contribution in [2.24, 2.45) is 0 Å². The van der Waals surface area contributed by atoms with Gasteiger partial charge >= 0.3 is 11.9 Å². The summed E-state index contributed by atoms with van der Waals surface area (Å²) in [5.74, 6) is -0.854. The molecular formula is C16H22N2O4. The second-order valence-electron chi connectivity index (χ2n) is 4.77. The quantitative estimate of drug-likeness (QED) is 0.314. The Kier molecular flexibility index (Phi) is 7.53. The first-order valence-electron chi connectivity index (χ1n) is 7.16. The molecule has 0 aliphatic carbocycles. The Labute approximate surface area is 130 Å². The fraction of sp³-hybridized carbons (Fsp3) is 0.375. The van der Waals surface area contributed by atoms with Crippen molar-refractivity contribution in [1.82, 2.24) is 0 Å². The van der Waals surface area contributed by atoms with Crippen LogP contribution in [0.1, 0.15) is 36.0 Å². The molecule has 0 aliphatic heterocycles. The van der Waals surface area contributed by atoms with Gasteiger partial charge in [0, 0.05) is 17.5 Å². The van der Waals surface area contributed by atoms with Crippen molar-refractivity contribution in [3.8, 4) is 0 Å². The van der Waals surface area contributed by atoms with Gasteiger partial charge in [0.05, 0.1) is 18.8 Å². The molecule has 0 unspecified atom stereocenters. The lowest BCUT2D eigenvalue weighted by atomic mass is 10.1. The third-order valence-electron chi connectivity index (χ3n) is 2.98. The van der Waals surface area contributed by atoms with Crippen molar-refractivity contribution in [3.05, 3.63) is 36.4 Å². The van der Waals surface area contributed by atoms with E-state index in [4.69, 9.17) is 20.9 Å². The lowest BCUT2D eigenvalue weighted by molar-refractivity contribution is -0.137. The molecule has 1 aromatic rings.